The maximum atomic E-state index is 13.1. The van der Waals surface area contributed by atoms with Gasteiger partial charge in [-0.25, -0.2) is 4.98 Å². The van der Waals surface area contributed by atoms with Gasteiger partial charge in [-0.2, -0.15) is 9.78 Å². The monoisotopic (exact) mass is 491 g/mol. The minimum absolute atomic E-state index is 0.0348. The van der Waals surface area contributed by atoms with E-state index in [0.717, 1.165) is 4.47 Å². The molecule has 2 aromatic carbocycles. The third-order valence-electron chi connectivity index (χ3n) is 4.17. The number of halogens is 2. The van der Waals surface area contributed by atoms with Gasteiger partial charge in [-0.3, -0.25) is 9.59 Å². The van der Waals surface area contributed by atoms with Crippen LogP contribution in [0.5, 0.6) is 11.5 Å². The zero-order valence-electron chi connectivity index (χ0n) is 16.8. The van der Waals surface area contributed by atoms with E-state index in [2.05, 4.69) is 26.0 Å². The van der Waals surface area contributed by atoms with Gasteiger partial charge in [0, 0.05) is 17.3 Å². The lowest BCUT2D eigenvalue weighted by molar-refractivity contribution is -0.132. The Morgan fingerprint density at radius 1 is 1.30 bits per heavy atom. The van der Waals surface area contributed by atoms with Gasteiger partial charge in [-0.15, -0.1) is 0 Å². The average Bonchev–Trinajstić information content (AvgIpc) is 2.68. The normalized spacial score (nSPS) is 11.4. The van der Waals surface area contributed by atoms with Crippen LogP contribution in [0.15, 0.2) is 44.7 Å². The molecule has 0 radical (unpaired) electrons. The molecule has 0 amide bonds. The van der Waals surface area contributed by atoms with Gasteiger partial charge in [0.15, 0.2) is 11.5 Å². The zero-order valence-corrected chi connectivity index (χ0v) is 19.1. The number of ether oxygens (including phenoxy) is 2. The van der Waals surface area contributed by atoms with Gasteiger partial charge in [0.25, 0.3) is 5.56 Å². The highest BCUT2D eigenvalue weighted by Crippen LogP contribution is 2.36. The Morgan fingerprint density at radius 2 is 2.03 bits per heavy atom. The first-order valence-electron chi connectivity index (χ1n) is 9.03. The number of methoxy groups -OCH3 is 1. The van der Waals surface area contributed by atoms with Crippen molar-refractivity contribution in [2.24, 2.45) is 5.10 Å². The molecule has 156 valence electrons. The van der Waals surface area contributed by atoms with E-state index in [1.165, 1.54) is 24.9 Å². The number of aromatic nitrogens is 2. The molecule has 0 saturated heterocycles. The van der Waals surface area contributed by atoms with Gasteiger partial charge < -0.3 is 9.47 Å². The lowest BCUT2D eigenvalue weighted by Gasteiger charge is -2.12. The number of hydrogen-bond donors (Lipinski definition) is 0. The van der Waals surface area contributed by atoms with E-state index in [1.807, 2.05) is 19.9 Å². The van der Waals surface area contributed by atoms with Crippen molar-refractivity contribution in [2.45, 2.75) is 26.7 Å². The summed E-state index contributed by atoms with van der Waals surface area (Å²) in [6.45, 7) is 5.15. The fraction of sp³-hybridized carbons (Fsp3) is 0.238. The zero-order chi connectivity index (χ0) is 22.0. The van der Waals surface area contributed by atoms with Crippen molar-refractivity contribution in [3.8, 4) is 11.5 Å². The molecule has 0 aliphatic heterocycles. The molecular formula is C21H19BrClN3O4. The van der Waals surface area contributed by atoms with Crippen LogP contribution < -0.4 is 15.0 Å². The van der Waals surface area contributed by atoms with Crippen molar-refractivity contribution in [3.63, 3.8) is 0 Å². The first-order valence-corrected chi connectivity index (χ1v) is 10.2. The first-order chi connectivity index (χ1) is 14.2. The van der Waals surface area contributed by atoms with Crippen LogP contribution in [0.1, 0.15) is 38.1 Å². The first kappa shape index (κ1) is 22.0. The Bertz CT molecular complexity index is 1220. The highest BCUT2D eigenvalue weighted by Gasteiger charge is 2.15. The molecule has 0 saturated carbocycles. The van der Waals surface area contributed by atoms with Crippen LogP contribution >= 0.6 is 27.5 Å². The Hall–Kier alpha value is -2.71. The van der Waals surface area contributed by atoms with Crippen molar-refractivity contribution in [3.05, 3.63) is 61.6 Å². The highest BCUT2D eigenvalue weighted by atomic mass is 79.9. The minimum atomic E-state index is -0.516. The van der Waals surface area contributed by atoms with E-state index in [4.69, 9.17) is 21.1 Å². The predicted octanol–water partition coefficient (Wildman–Crippen LogP) is 4.75. The van der Waals surface area contributed by atoms with E-state index < -0.39 is 5.97 Å². The van der Waals surface area contributed by atoms with E-state index in [1.54, 1.807) is 24.3 Å². The summed E-state index contributed by atoms with van der Waals surface area (Å²) in [6.07, 6.45) is 1.48. The lowest BCUT2D eigenvalue weighted by atomic mass is 10.2. The summed E-state index contributed by atoms with van der Waals surface area (Å²) < 4.78 is 12.4. The van der Waals surface area contributed by atoms with Gasteiger partial charge >= 0.3 is 5.97 Å². The smallest absolute Gasteiger partial charge is 0.308 e. The molecule has 3 aromatic rings. The third kappa shape index (κ3) is 4.55. The van der Waals surface area contributed by atoms with E-state index >= 15 is 0 Å². The van der Waals surface area contributed by atoms with Crippen LogP contribution in [0, 0.1) is 0 Å². The van der Waals surface area contributed by atoms with Gasteiger partial charge in [0.05, 0.1) is 29.2 Å². The maximum Gasteiger partial charge on any atom is 0.308 e. The topological polar surface area (TPSA) is 82.8 Å². The van der Waals surface area contributed by atoms with Crippen LogP contribution in [-0.2, 0) is 4.79 Å². The van der Waals surface area contributed by atoms with Crippen LogP contribution in [-0.4, -0.2) is 29.0 Å². The molecule has 0 unspecified atom stereocenters. The summed E-state index contributed by atoms with van der Waals surface area (Å²) in [7, 11) is 1.44. The molecule has 0 spiro atoms. The Kier molecular flexibility index (Phi) is 6.58. The molecule has 0 atom stereocenters. The van der Waals surface area contributed by atoms with E-state index in [-0.39, 0.29) is 28.0 Å². The van der Waals surface area contributed by atoms with Crippen molar-refractivity contribution >= 4 is 50.6 Å². The van der Waals surface area contributed by atoms with Gasteiger partial charge in [0.1, 0.15) is 5.82 Å². The Labute approximate surface area is 186 Å². The number of carbonyl (C=O) groups is 1. The average molecular weight is 493 g/mol. The van der Waals surface area contributed by atoms with Gasteiger partial charge in [0.2, 0.25) is 0 Å². The molecule has 1 heterocycles. The molecule has 9 heteroatoms. The molecule has 0 aliphatic carbocycles. The molecule has 7 nitrogen and oxygen atoms in total. The summed E-state index contributed by atoms with van der Waals surface area (Å²) in [5, 5.41) is 5.00. The Morgan fingerprint density at radius 3 is 2.67 bits per heavy atom. The fourth-order valence-electron chi connectivity index (χ4n) is 2.83. The minimum Gasteiger partial charge on any atom is -0.493 e. The van der Waals surface area contributed by atoms with Gasteiger partial charge in [-0.05, 0) is 35.9 Å². The summed E-state index contributed by atoms with van der Waals surface area (Å²) in [4.78, 5) is 29.0. The summed E-state index contributed by atoms with van der Waals surface area (Å²) in [6, 6.07) is 8.52. The maximum absolute atomic E-state index is 13.1. The number of rotatable bonds is 5. The Balaban J connectivity index is 2.13. The summed E-state index contributed by atoms with van der Waals surface area (Å²) in [5.74, 6) is 0.378. The van der Waals surface area contributed by atoms with Crippen LogP contribution in [0.2, 0.25) is 5.02 Å². The molecule has 0 N–H and O–H groups in total. The summed E-state index contributed by atoms with van der Waals surface area (Å²) >= 11 is 9.63. The molecule has 3 rings (SSSR count). The van der Waals surface area contributed by atoms with Crippen LogP contribution in [0.4, 0.5) is 0 Å². The van der Waals surface area contributed by atoms with Crippen molar-refractivity contribution in [1.82, 2.24) is 9.66 Å². The highest BCUT2D eigenvalue weighted by molar-refractivity contribution is 9.10. The second-order valence-electron chi connectivity index (χ2n) is 6.78. The van der Waals surface area contributed by atoms with Crippen LogP contribution in [0.3, 0.4) is 0 Å². The van der Waals surface area contributed by atoms with Crippen molar-refractivity contribution in [1.29, 1.82) is 0 Å². The lowest BCUT2D eigenvalue weighted by Crippen LogP contribution is -2.23. The molecule has 1 aromatic heterocycles. The third-order valence-corrected chi connectivity index (χ3v) is 4.94. The second-order valence-corrected chi connectivity index (χ2v) is 8.10. The number of benzene rings is 2. The SMILES string of the molecule is COc1cc(C=Nn2c(C(C)C)nc3ccc(Br)cc3c2=O)cc(Cl)c1OC(C)=O. The van der Waals surface area contributed by atoms with E-state index in [9.17, 15) is 9.59 Å². The molecule has 0 bridgehead atoms. The van der Waals surface area contributed by atoms with Gasteiger partial charge in [-0.1, -0.05) is 41.4 Å². The number of carbonyl (C=O) groups excluding carboxylic acids is 1. The summed E-state index contributed by atoms with van der Waals surface area (Å²) in [5.41, 5.74) is 0.883. The quantitative estimate of drug-likeness (QED) is 0.291. The van der Waals surface area contributed by atoms with E-state index in [0.29, 0.717) is 22.3 Å². The number of hydrogen-bond acceptors (Lipinski definition) is 6. The number of fused-ring (bicyclic) bond motifs is 1. The fourth-order valence-corrected chi connectivity index (χ4v) is 3.45. The molecule has 30 heavy (non-hydrogen) atoms. The molecular weight excluding hydrogens is 474 g/mol. The van der Waals surface area contributed by atoms with Crippen molar-refractivity contribution in [2.75, 3.05) is 7.11 Å². The standard InChI is InChI=1S/C21H19BrClN3O4/c1-11(2)20-25-17-6-5-14(22)9-15(17)21(28)26(20)24-10-13-7-16(23)19(30-12(3)27)18(8-13)29-4/h5-11H,1-4H3. The number of nitrogens with zero attached hydrogens (tertiary/aromatic N) is 3. The number of esters is 1. The predicted molar refractivity (Wildman–Crippen MR) is 120 cm³/mol. The largest absolute Gasteiger partial charge is 0.493 e. The van der Waals surface area contributed by atoms with Crippen molar-refractivity contribution < 1.29 is 14.3 Å². The molecule has 0 aliphatic rings. The molecule has 0 fully saturated rings. The second kappa shape index (κ2) is 8.97. The van der Waals surface area contributed by atoms with Crippen LogP contribution in [0.25, 0.3) is 10.9 Å².